The van der Waals surface area contributed by atoms with Gasteiger partial charge in [-0.1, -0.05) is 24.3 Å². The first kappa shape index (κ1) is 10.4. The number of anilines is 1. The molecule has 1 aromatic heterocycles. The van der Waals surface area contributed by atoms with E-state index in [0.717, 1.165) is 24.5 Å². The smallest absolute Gasteiger partial charge is 0.121 e. The molecule has 1 saturated heterocycles. The van der Waals surface area contributed by atoms with Gasteiger partial charge in [0.25, 0.3) is 0 Å². The number of hydrogen-bond acceptors (Lipinski definition) is 3. The van der Waals surface area contributed by atoms with Crippen molar-refractivity contribution in [3.8, 4) is 11.3 Å². The Kier molecular flexibility index (Phi) is 2.37. The molecule has 0 aliphatic carbocycles. The molecular formula is C13H15N3O. The minimum absolute atomic E-state index is 0.495. The minimum Gasteiger partial charge on any atom is -0.384 e. The fraction of sp³-hybridized carbons (Fsp3) is 0.308. The van der Waals surface area contributed by atoms with Gasteiger partial charge in [0.05, 0.1) is 18.9 Å². The molecule has 0 bridgehead atoms. The number of hydrogen-bond donors (Lipinski definition) is 1. The number of aromatic nitrogens is 2. The van der Waals surface area contributed by atoms with Crippen LogP contribution in [0.3, 0.4) is 0 Å². The second-order valence-electron chi connectivity index (χ2n) is 4.40. The molecule has 0 atom stereocenters. The molecular weight excluding hydrogens is 214 g/mol. The van der Waals surface area contributed by atoms with Gasteiger partial charge in [-0.25, -0.2) is 0 Å². The lowest BCUT2D eigenvalue weighted by molar-refractivity contribution is 0.00863. The Bertz CT molecular complexity index is 524. The lowest BCUT2D eigenvalue weighted by Crippen LogP contribution is -2.25. The normalized spacial score (nSPS) is 15.8. The van der Waals surface area contributed by atoms with Crippen LogP contribution in [0.4, 0.5) is 5.82 Å². The van der Waals surface area contributed by atoms with Crippen LogP contribution >= 0.6 is 0 Å². The van der Waals surface area contributed by atoms with E-state index >= 15 is 0 Å². The first-order valence-electron chi connectivity index (χ1n) is 5.72. The van der Waals surface area contributed by atoms with Crippen LogP contribution < -0.4 is 5.73 Å². The fourth-order valence-electron chi connectivity index (χ4n) is 2.11. The molecule has 0 unspecified atom stereocenters. The fourth-order valence-corrected chi connectivity index (χ4v) is 2.11. The van der Waals surface area contributed by atoms with Gasteiger partial charge in [-0.2, -0.15) is 5.10 Å². The number of benzene rings is 1. The van der Waals surface area contributed by atoms with Crippen LogP contribution in [-0.2, 0) is 11.8 Å². The third kappa shape index (κ3) is 1.70. The molecule has 0 amide bonds. The molecule has 2 N–H and O–H groups in total. The third-order valence-corrected chi connectivity index (χ3v) is 3.23. The van der Waals surface area contributed by atoms with Crippen molar-refractivity contribution in [1.82, 2.24) is 9.78 Å². The lowest BCUT2D eigenvalue weighted by atomic mass is 9.91. The number of rotatable bonds is 2. The lowest BCUT2D eigenvalue weighted by Gasteiger charge is -2.27. The minimum atomic E-state index is 0.495. The van der Waals surface area contributed by atoms with Crippen molar-refractivity contribution in [1.29, 1.82) is 0 Å². The van der Waals surface area contributed by atoms with E-state index in [9.17, 15) is 0 Å². The van der Waals surface area contributed by atoms with Gasteiger partial charge in [-0.15, -0.1) is 0 Å². The Hall–Kier alpha value is -1.81. The quantitative estimate of drug-likeness (QED) is 0.854. The molecule has 1 fully saturated rings. The van der Waals surface area contributed by atoms with Crippen LogP contribution in [-0.4, -0.2) is 23.0 Å². The maximum atomic E-state index is 5.83. The van der Waals surface area contributed by atoms with Crippen LogP contribution in [0.2, 0.25) is 0 Å². The number of aryl methyl sites for hydroxylation is 1. The van der Waals surface area contributed by atoms with E-state index in [1.807, 2.05) is 19.2 Å². The summed E-state index contributed by atoms with van der Waals surface area (Å²) in [6.45, 7) is 1.61. The van der Waals surface area contributed by atoms with Gasteiger partial charge in [-0.3, -0.25) is 4.68 Å². The van der Waals surface area contributed by atoms with Gasteiger partial charge >= 0.3 is 0 Å². The van der Waals surface area contributed by atoms with Crippen molar-refractivity contribution in [2.45, 2.75) is 5.92 Å². The predicted molar refractivity (Wildman–Crippen MR) is 66.6 cm³/mol. The van der Waals surface area contributed by atoms with Gasteiger partial charge < -0.3 is 10.5 Å². The summed E-state index contributed by atoms with van der Waals surface area (Å²) in [4.78, 5) is 0. The molecule has 1 aliphatic rings. The van der Waals surface area contributed by atoms with E-state index in [2.05, 4.69) is 23.3 Å². The van der Waals surface area contributed by atoms with Crippen LogP contribution in [0.5, 0.6) is 0 Å². The Morgan fingerprint density at radius 2 is 2.12 bits per heavy atom. The molecule has 1 aliphatic heterocycles. The van der Waals surface area contributed by atoms with Crippen molar-refractivity contribution in [3.05, 3.63) is 35.9 Å². The SMILES string of the molecule is Cn1nc(-c2ccccc2C2COC2)cc1N. The highest BCUT2D eigenvalue weighted by molar-refractivity contribution is 5.67. The Morgan fingerprint density at radius 1 is 1.35 bits per heavy atom. The van der Waals surface area contributed by atoms with E-state index in [-0.39, 0.29) is 0 Å². The second-order valence-corrected chi connectivity index (χ2v) is 4.40. The number of nitrogen functional groups attached to an aromatic ring is 1. The highest BCUT2D eigenvalue weighted by atomic mass is 16.5. The maximum absolute atomic E-state index is 5.83. The highest BCUT2D eigenvalue weighted by Crippen LogP contribution is 2.33. The highest BCUT2D eigenvalue weighted by Gasteiger charge is 2.24. The monoisotopic (exact) mass is 229 g/mol. The molecule has 0 radical (unpaired) electrons. The summed E-state index contributed by atoms with van der Waals surface area (Å²) in [5.41, 5.74) is 9.23. The molecule has 2 heterocycles. The van der Waals surface area contributed by atoms with E-state index in [1.165, 1.54) is 5.56 Å². The predicted octanol–water partition coefficient (Wildman–Crippen LogP) is 1.78. The van der Waals surface area contributed by atoms with Crippen molar-refractivity contribution < 1.29 is 4.74 Å². The average molecular weight is 229 g/mol. The molecule has 4 heteroatoms. The zero-order valence-electron chi connectivity index (χ0n) is 9.76. The first-order chi connectivity index (χ1) is 8.25. The van der Waals surface area contributed by atoms with E-state index in [0.29, 0.717) is 11.7 Å². The number of ether oxygens (including phenoxy) is 1. The molecule has 1 aromatic carbocycles. The molecule has 88 valence electrons. The first-order valence-corrected chi connectivity index (χ1v) is 5.72. The van der Waals surface area contributed by atoms with Gasteiger partial charge in [0.2, 0.25) is 0 Å². The molecule has 3 rings (SSSR count). The Morgan fingerprint density at radius 3 is 2.71 bits per heavy atom. The largest absolute Gasteiger partial charge is 0.384 e. The summed E-state index contributed by atoms with van der Waals surface area (Å²) in [7, 11) is 1.86. The van der Waals surface area contributed by atoms with Gasteiger partial charge in [0.15, 0.2) is 0 Å². The van der Waals surface area contributed by atoms with Crippen LogP contribution in [0.1, 0.15) is 11.5 Å². The van der Waals surface area contributed by atoms with Crippen molar-refractivity contribution >= 4 is 5.82 Å². The number of nitrogens with zero attached hydrogens (tertiary/aromatic N) is 2. The van der Waals surface area contributed by atoms with Gasteiger partial charge in [0.1, 0.15) is 5.82 Å². The summed E-state index contributed by atoms with van der Waals surface area (Å²) in [6.07, 6.45) is 0. The summed E-state index contributed by atoms with van der Waals surface area (Å²) >= 11 is 0. The van der Waals surface area contributed by atoms with Crippen molar-refractivity contribution in [2.75, 3.05) is 18.9 Å². The molecule has 0 saturated carbocycles. The molecule has 2 aromatic rings. The standard InChI is InChI=1S/C13H15N3O/c1-16-13(14)6-12(15-16)11-5-3-2-4-10(11)9-7-17-8-9/h2-6,9H,7-8,14H2,1H3. The van der Waals surface area contributed by atoms with E-state index in [1.54, 1.807) is 4.68 Å². The number of nitrogens with two attached hydrogens (primary N) is 1. The van der Waals surface area contributed by atoms with Crippen LogP contribution in [0, 0.1) is 0 Å². The van der Waals surface area contributed by atoms with E-state index < -0.39 is 0 Å². The van der Waals surface area contributed by atoms with Crippen molar-refractivity contribution in [2.24, 2.45) is 7.05 Å². The van der Waals surface area contributed by atoms with Crippen LogP contribution in [0.25, 0.3) is 11.3 Å². The zero-order valence-corrected chi connectivity index (χ0v) is 9.76. The second kappa shape index (κ2) is 3.89. The average Bonchev–Trinajstić information content (AvgIpc) is 2.57. The van der Waals surface area contributed by atoms with E-state index in [4.69, 9.17) is 10.5 Å². The summed E-state index contributed by atoms with van der Waals surface area (Å²) in [5.74, 6) is 1.18. The van der Waals surface area contributed by atoms with Gasteiger partial charge in [-0.05, 0) is 5.56 Å². The Labute approximate surface area is 100 Å². The summed E-state index contributed by atoms with van der Waals surface area (Å²) in [6, 6.07) is 10.2. The van der Waals surface area contributed by atoms with Crippen LogP contribution in [0.15, 0.2) is 30.3 Å². The maximum Gasteiger partial charge on any atom is 0.121 e. The van der Waals surface area contributed by atoms with Crippen molar-refractivity contribution in [3.63, 3.8) is 0 Å². The topological polar surface area (TPSA) is 53.1 Å². The summed E-state index contributed by atoms with van der Waals surface area (Å²) in [5, 5.41) is 4.43. The Balaban J connectivity index is 2.07. The summed E-state index contributed by atoms with van der Waals surface area (Å²) < 4.78 is 6.96. The van der Waals surface area contributed by atoms with Gasteiger partial charge in [0, 0.05) is 24.6 Å². The molecule has 4 nitrogen and oxygen atoms in total. The molecule has 0 spiro atoms. The third-order valence-electron chi connectivity index (χ3n) is 3.23. The zero-order chi connectivity index (χ0) is 11.8. The molecule has 17 heavy (non-hydrogen) atoms.